The molecule has 1 aromatic heterocycles. The molecule has 0 radical (unpaired) electrons. The Morgan fingerprint density at radius 3 is 2.96 bits per heavy atom. The molecule has 3 aromatic rings. The van der Waals surface area contributed by atoms with E-state index in [1.165, 1.54) is 16.5 Å². The van der Waals surface area contributed by atoms with Gasteiger partial charge in [-0.2, -0.15) is 0 Å². The van der Waals surface area contributed by atoms with Crippen molar-refractivity contribution in [1.29, 1.82) is 0 Å². The van der Waals surface area contributed by atoms with Crippen molar-refractivity contribution in [3.8, 4) is 5.75 Å². The fourth-order valence-electron chi connectivity index (χ4n) is 3.45. The van der Waals surface area contributed by atoms with Gasteiger partial charge in [-0.1, -0.05) is 30.3 Å². The topological polar surface area (TPSA) is 61.4 Å². The number of nitrogens with one attached hydrogen (secondary N) is 3. The van der Waals surface area contributed by atoms with Crippen molar-refractivity contribution < 1.29 is 4.74 Å². The second kappa shape index (κ2) is 8.16. The first-order chi connectivity index (χ1) is 13.3. The molecule has 0 saturated carbocycles. The van der Waals surface area contributed by atoms with E-state index in [0.29, 0.717) is 6.54 Å². The number of hydrogen-bond acceptors (Lipinski definition) is 2. The fraction of sp³-hybridized carbons (Fsp3) is 0.318. The summed E-state index contributed by atoms with van der Waals surface area (Å²) < 4.78 is 5.58. The Labute approximate surface area is 159 Å². The molecule has 1 aliphatic heterocycles. The molecule has 5 nitrogen and oxygen atoms in total. The van der Waals surface area contributed by atoms with E-state index in [0.717, 1.165) is 55.5 Å². The zero-order valence-electron chi connectivity index (χ0n) is 15.7. The highest BCUT2D eigenvalue weighted by Gasteiger charge is 2.11. The Hall–Kier alpha value is -2.95. The average Bonchev–Trinajstić information content (AvgIpc) is 3.31. The Morgan fingerprint density at radius 1 is 1.15 bits per heavy atom. The van der Waals surface area contributed by atoms with E-state index in [-0.39, 0.29) is 0 Å². The van der Waals surface area contributed by atoms with Crippen LogP contribution in [-0.4, -0.2) is 30.6 Å². The summed E-state index contributed by atoms with van der Waals surface area (Å²) in [5.41, 5.74) is 4.93. The SMILES string of the molecule is CCNC(=NCc1cc2ccccc2[nH]1)NCCc1ccc2c(c1)CCO2. The molecule has 27 heavy (non-hydrogen) atoms. The van der Waals surface area contributed by atoms with Crippen molar-refractivity contribution >= 4 is 16.9 Å². The van der Waals surface area contributed by atoms with Crippen molar-refractivity contribution in [3.63, 3.8) is 0 Å². The molecule has 0 atom stereocenters. The largest absolute Gasteiger partial charge is 0.493 e. The summed E-state index contributed by atoms with van der Waals surface area (Å²) in [4.78, 5) is 8.14. The number of aromatic nitrogens is 1. The van der Waals surface area contributed by atoms with Gasteiger partial charge in [0, 0.05) is 30.7 Å². The van der Waals surface area contributed by atoms with Crippen LogP contribution in [0.5, 0.6) is 5.75 Å². The van der Waals surface area contributed by atoms with Crippen LogP contribution in [0.25, 0.3) is 10.9 Å². The first-order valence-corrected chi connectivity index (χ1v) is 9.65. The summed E-state index contributed by atoms with van der Waals surface area (Å²) in [6.45, 7) is 5.20. The second-order valence-corrected chi connectivity index (χ2v) is 6.79. The zero-order valence-corrected chi connectivity index (χ0v) is 15.7. The van der Waals surface area contributed by atoms with E-state index in [1.807, 2.05) is 6.07 Å². The minimum Gasteiger partial charge on any atom is -0.493 e. The van der Waals surface area contributed by atoms with Crippen LogP contribution in [-0.2, 0) is 19.4 Å². The van der Waals surface area contributed by atoms with Crippen molar-refractivity contribution in [2.24, 2.45) is 4.99 Å². The van der Waals surface area contributed by atoms with Crippen LogP contribution >= 0.6 is 0 Å². The zero-order chi connectivity index (χ0) is 18.5. The van der Waals surface area contributed by atoms with Gasteiger partial charge in [0.15, 0.2) is 5.96 Å². The molecule has 0 amide bonds. The van der Waals surface area contributed by atoms with Gasteiger partial charge in [0.2, 0.25) is 0 Å². The molecule has 4 rings (SSSR count). The molecule has 0 aliphatic carbocycles. The molecule has 3 N–H and O–H groups in total. The average molecular weight is 362 g/mol. The van der Waals surface area contributed by atoms with E-state index in [1.54, 1.807) is 0 Å². The minimum atomic E-state index is 0.625. The van der Waals surface area contributed by atoms with Crippen LogP contribution in [0, 0.1) is 0 Å². The summed E-state index contributed by atoms with van der Waals surface area (Å²) in [5.74, 6) is 1.89. The number of para-hydroxylation sites is 1. The van der Waals surface area contributed by atoms with Crippen LogP contribution in [0.3, 0.4) is 0 Å². The summed E-state index contributed by atoms with van der Waals surface area (Å²) in [6, 6.07) is 17.0. The lowest BCUT2D eigenvalue weighted by molar-refractivity contribution is 0.357. The van der Waals surface area contributed by atoms with Crippen molar-refractivity contribution in [2.75, 3.05) is 19.7 Å². The van der Waals surface area contributed by atoms with Crippen molar-refractivity contribution in [2.45, 2.75) is 26.3 Å². The van der Waals surface area contributed by atoms with E-state index >= 15 is 0 Å². The number of hydrogen-bond donors (Lipinski definition) is 3. The van der Waals surface area contributed by atoms with Gasteiger partial charge in [0.25, 0.3) is 0 Å². The predicted molar refractivity (Wildman–Crippen MR) is 110 cm³/mol. The van der Waals surface area contributed by atoms with E-state index in [4.69, 9.17) is 9.73 Å². The highest BCUT2D eigenvalue weighted by molar-refractivity contribution is 5.81. The summed E-state index contributed by atoms with van der Waals surface area (Å²) in [5, 5.41) is 7.98. The first kappa shape index (κ1) is 17.5. The highest BCUT2D eigenvalue weighted by Crippen LogP contribution is 2.25. The summed E-state index contributed by atoms with van der Waals surface area (Å²) in [6.07, 6.45) is 1.98. The second-order valence-electron chi connectivity index (χ2n) is 6.79. The molecular formula is C22H26N4O. The van der Waals surface area contributed by atoms with E-state index < -0.39 is 0 Å². The smallest absolute Gasteiger partial charge is 0.191 e. The number of aromatic amines is 1. The normalized spacial score (nSPS) is 13.4. The Bertz CT molecular complexity index is 911. The maximum atomic E-state index is 5.58. The van der Waals surface area contributed by atoms with Gasteiger partial charge in [0.05, 0.1) is 13.2 Å². The van der Waals surface area contributed by atoms with Crippen LogP contribution in [0.1, 0.15) is 23.7 Å². The molecule has 0 spiro atoms. The molecule has 2 aromatic carbocycles. The van der Waals surface area contributed by atoms with Gasteiger partial charge in [-0.15, -0.1) is 0 Å². The molecule has 0 saturated heterocycles. The van der Waals surface area contributed by atoms with Crippen molar-refractivity contribution in [3.05, 3.63) is 65.4 Å². The lowest BCUT2D eigenvalue weighted by Gasteiger charge is -2.11. The number of aliphatic imine (C=N–C) groups is 1. The van der Waals surface area contributed by atoms with Crippen LogP contribution in [0.4, 0.5) is 0 Å². The standard InChI is InChI=1S/C22H26N4O/c1-2-23-22(25-15-19-14-17-5-3-4-6-20(17)26-19)24-11-9-16-7-8-21-18(13-16)10-12-27-21/h3-8,13-14,26H,2,9-12,15H2,1H3,(H2,23,24,25). The maximum absolute atomic E-state index is 5.58. The summed E-state index contributed by atoms with van der Waals surface area (Å²) in [7, 11) is 0. The van der Waals surface area contributed by atoms with Gasteiger partial charge in [-0.05, 0) is 48.1 Å². The molecule has 2 heterocycles. The van der Waals surface area contributed by atoms with Gasteiger partial charge in [0.1, 0.15) is 5.75 Å². The molecule has 0 bridgehead atoms. The van der Waals surface area contributed by atoms with Gasteiger partial charge < -0.3 is 20.4 Å². The molecule has 0 fully saturated rings. The van der Waals surface area contributed by atoms with Gasteiger partial charge in [-0.3, -0.25) is 0 Å². The highest BCUT2D eigenvalue weighted by atomic mass is 16.5. The Morgan fingerprint density at radius 2 is 2.07 bits per heavy atom. The third-order valence-corrected chi connectivity index (χ3v) is 4.80. The number of nitrogens with zero attached hydrogens (tertiary/aromatic N) is 1. The number of H-pyrrole nitrogens is 1. The van der Waals surface area contributed by atoms with Crippen molar-refractivity contribution in [1.82, 2.24) is 15.6 Å². The fourth-order valence-corrected chi connectivity index (χ4v) is 3.45. The molecular weight excluding hydrogens is 336 g/mol. The molecule has 0 unspecified atom stereocenters. The predicted octanol–water partition coefficient (Wildman–Crippen LogP) is 3.40. The lowest BCUT2D eigenvalue weighted by Crippen LogP contribution is -2.38. The number of guanidine groups is 1. The maximum Gasteiger partial charge on any atom is 0.191 e. The lowest BCUT2D eigenvalue weighted by atomic mass is 10.1. The monoisotopic (exact) mass is 362 g/mol. The van der Waals surface area contributed by atoms with Gasteiger partial charge in [-0.25, -0.2) is 4.99 Å². The third-order valence-electron chi connectivity index (χ3n) is 4.80. The van der Waals surface area contributed by atoms with Crippen LogP contribution in [0.15, 0.2) is 53.5 Å². The number of rotatable bonds is 6. The number of benzene rings is 2. The third kappa shape index (κ3) is 4.25. The molecule has 1 aliphatic rings. The first-order valence-electron chi connectivity index (χ1n) is 9.65. The van der Waals surface area contributed by atoms with E-state index in [9.17, 15) is 0 Å². The molecule has 140 valence electrons. The quantitative estimate of drug-likeness (QED) is 0.465. The minimum absolute atomic E-state index is 0.625. The van der Waals surface area contributed by atoms with Crippen LogP contribution in [0.2, 0.25) is 0 Å². The van der Waals surface area contributed by atoms with E-state index in [2.05, 4.69) is 65.0 Å². The molecule has 5 heteroatoms. The number of ether oxygens (including phenoxy) is 1. The van der Waals surface area contributed by atoms with Gasteiger partial charge >= 0.3 is 0 Å². The summed E-state index contributed by atoms with van der Waals surface area (Å²) >= 11 is 0. The van der Waals surface area contributed by atoms with Crippen LogP contribution < -0.4 is 15.4 Å². The Balaban J connectivity index is 1.35. The Kier molecular flexibility index (Phi) is 5.28. The number of fused-ring (bicyclic) bond motifs is 2.